The molecule has 0 aliphatic carbocycles. The lowest BCUT2D eigenvalue weighted by molar-refractivity contribution is 0.162. The molecule has 186 valence electrons. The fourth-order valence-electron chi connectivity index (χ4n) is 4.85. The van der Waals surface area contributed by atoms with Crippen LogP contribution >= 0.6 is 11.6 Å². The molecule has 0 spiro atoms. The van der Waals surface area contributed by atoms with Crippen LogP contribution in [0.3, 0.4) is 0 Å². The van der Waals surface area contributed by atoms with Crippen LogP contribution in [0.4, 0.5) is 16.2 Å². The number of para-hydroxylation sites is 1. The summed E-state index contributed by atoms with van der Waals surface area (Å²) in [5.41, 5.74) is 1.59. The molecule has 1 N–H and O–H groups in total. The van der Waals surface area contributed by atoms with E-state index in [1.807, 2.05) is 23.2 Å². The van der Waals surface area contributed by atoms with Crippen LogP contribution in [0.15, 0.2) is 28.8 Å². The first-order valence-corrected chi connectivity index (χ1v) is 12.9. The predicted molar refractivity (Wildman–Crippen MR) is 138 cm³/mol. The Morgan fingerprint density at radius 1 is 1.09 bits per heavy atom. The van der Waals surface area contributed by atoms with Gasteiger partial charge in [-0.3, -0.25) is 4.90 Å². The molecule has 2 aliphatic heterocycles. The van der Waals surface area contributed by atoms with Crippen molar-refractivity contribution in [2.24, 2.45) is 0 Å². The molecule has 4 rings (SSSR count). The molecule has 0 unspecified atom stereocenters. The van der Waals surface area contributed by atoms with Crippen molar-refractivity contribution in [2.75, 3.05) is 49.5 Å². The Balaban J connectivity index is 1.41. The molecule has 34 heavy (non-hydrogen) atoms. The number of carbonyl (C=O) groups excluding carboxylic acids is 1. The molecule has 2 fully saturated rings. The maximum Gasteiger partial charge on any atom is 0.321 e. The van der Waals surface area contributed by atoms with Gasteiger partial charge in [-0.15, -0.1) is 0 Å². The predicted octanol–water partition coefficient (Wildman–Crippen LogP) is 5.57. The second kappa shape index (κ2) is 10.2. The van der Waals surface area contributed by atoms with Gasteiger partial charge in [0.25, 0.3) is 0 Å². The number of nitrogens with one attached hydrogen (secondary N) is 1. The van der Waals surface area contributed by atoms with Gasteiger partial charge in [-0.05, 0) is 38.8 Å². The van der Waals surface area contributed by atoms with Gasteiger partial charge in [0.05, 0.1) is 22.6 Å². The van der Waals surface area contributed by atoms with Gasteiger partial charge < -0.3 is 19.5 Å². The fraction of sp³-hybridized carbons (Fsp3) is 0.615. The summed E-state index contributed by atoms with van der Waals surface area (Å²) in [5, 5.41) is 3.70. The van der Waals surface area contributed by atoms with Crippen LogP contribution in [-0.2, 0) is 5.41 Å². The van der Waals surface area contributed by atoms with E-state index in [1.54, 1.807) is 0 Å². The van der Waals surface area contributed by atoms with E-state index in [1.165, 1.54) is 0 Å². The third kappa shape index (κ3) is 5.20. The van der Waals surface area contributed by atoms with Gasteiger partial charge in [0.1, 0.15) is 5.76 Å². The minimum absolute atomic E-state index is 0.0994. The maximum atomic E-state index is 13.2. The van der Waals surface area contributed by atoms with E-state index in [2.05, 4.69) is 60.8 Å². The third-order valence-electron chi connectivity index (χ3n) is 7.38. The van der Waals surface area contributed by atoms with Crippen LogP contribution in [0.5, 0.6) is 0 Å². The van der Waals surface area contributed by atoms with Gasteiger partial charge in [0.2, 0.25) is 0 Å². The smallest absolute Gasteiger partial charge is 0.321 e. The van der Waals surface area contributed by atoms with Crippen molar-refractivity contribution < 1.29 is 9.21 Å². The van der Waals surface area contributed by atoms with E-state index in [0.717, 1.165) is 56.4 Å². The highest BCUT2D eigenvalue weighted by Gasteiger charge is 2.37. The lowest BCUT2D eigenvalue weighted by Gasteiger charge is -2.39. The zero-order valence-electron chi connectivity index (χ0n) is 21.1. The van der Waals surface area contributed by atoms with Crippen LogP contribution < -0.4 is 10.2 Å². The molecule has 2 aromatic rings. The molecule has 0 bridgehead atoms. The van der Waals surface area contributed by atoms with E-state index < -0.39 is 0 Å². The van der Waals surface area contributed by atoms with Gasteiger partial charge in [-0.2, -0.15) is 0 Å². The number of oxazole rings is 1. The molecule has 8 heteroatoms. The monoisotopic (exact) mass is 487 g/mol. The third-order valence-corrected chi connectivity index (χ3v) is 7.69. The number of anilines is 2. The summed E-state index contributed by atoms with van der Waals surface area (Å²) < 4.78 is 6.04. The number of piperazine rings is 1. The average molecular weight is 488 g/mol. The summed E-state index contributed by atoms with van der Waals surface area (Å²) in [5.74, 6) is 1.96. The number of likely N-dealkylation sites (tertiary alicyclic amines) is 1. The summed E-state index contributed by atoms with van der Waals surface area (Å²) in [6.07, 6.45) is 3.53. The van der Waals surface area contributed by atoms with Crippen LogP contribution in [0.2, 0.25) is 5.02 Å². The van der Waals surface area contributed by atoms with Crippen molar-refractivity contribution in [1.82, 2.24) is 14.8 Å². The summed E-state index contributed by atoms with van der Waals surface area (Å²) in [7, 11) is 0. The van der Waals surface area contributed by atoms with Crippen molar-refractivity contribution in [3.8, 4) is 0 Å². The minimum atomic E-state index is -0.109. The molecule has 1 aromatic heterocycles. The molecule has 7 nitrogen and oxygen atoms in total. The molecule has 2 amide bonds. The van der Waals surface area contributed by atoms with Gasteiger partial charge >= 0.3 is 6.03 Å². The van der Waals surface area contributed by atoms with Crippen LogP contribution in [0, 0.1) is 0 Å². The second-order valence-corrected chi connectivity index (χ2v) is 10.9. The number of piperidine rings is 1. The van der Waals surface area contributed by atoms with Crippen molar-refractivity contribution in [3.63, 3.8) is 0 Å². The SMILES string of the molecule is CC(C)c1ncc(C2(C)CCN(C(=O)Nc3c(Cl)cccc3N3CCN(C(C)C)CC3)CC2)o1. The highest BCUT2D eigenvalue weighted by molar-refractivity contribution is 6.34. The highest BCUT2D eigenvalue weighted by atomic mass is 35.5. The largest absolute Gasteiger partial charge is 0.445 e. The molecule has 0 radical (unpaired) electrons. The number of urea groups is 1. The zero-order chi connectivity index (χ0) is 24.5. The second-order valence-electron chi connectivity index (χ2n) is 10.4. The Morgan fingerprint density at radius 2 is 1.76 bits per heavy atom. The van der Waals surface area contributed by atoms with Crippen LogP contribution in [-0.4, -0.2) is 66.1 Å². The Hall–Kier alpha value is -2.25. The maximum absolute atomic E-state index is 13.2. The van der Waals surface area contributed by atoms with Crippen molar-refractivity contribution in [1.29, 1.82) is 0 Å². The summed E-state index contributed by atoms with van der Waals surface area (Å²) in [6.45, 7) is 16.0. The zero-order valence-corrected chi connectivity index (χ0v) is 21.9. The number of carbonyl (C=O) groups is 1. The van der Waals surface area contributed by atoms with Crippen molar-refractivity contribution in [3.05, 3.63) is 41.1 Å². The van der Waals surface area contributed by atoms with E-state index >= 15 is 0 Å². The van der Waals surface area contributed by atoms with Gasteiger partial charge in [-0.25, -0.2) is 9.78 Å². The Kier molecular flexibility index (Phi) is 7.43. The normalized spacial score (nSPS) is 19.2. The lowest BCUT2D eigenvalue weighted by Crippen LogP contribution is -2.49. The quantitative estimate of drug-likeness (QED) is 0.597. The number of halogens is 1. The molecule has 0 atom stereocenters. The fourth-order valence-corrected chi connectivity index (χ4v) is 5.07. The van der Waals surface area contributed by atoms with Crippen molar-refractivity contribution >= 4 is 29.0 Å². The van der Waals surface area contributed by atoms with E-state index in [9.17, 15) is 4.79 Å². The summed E-state index contributed by atoms with van der Waals surface area (Å²) >= 11 is 6.57. The lowest BCUT2D eigenvalue weighted by atomic mass is 9.78. The summed E-state index contributed by atoms with van der Waals surface area (Å²) in [6, 6.07) is 6.29. The number of hydrogen-bond donors (Lipinski definition) is 1. The molecule has 3 heterocycles. The first-order valence-electron chi connectivity index (χ1n) is 12.5. The minimum Gasteiger partial charge on any atom is -0.445 e. The van der Waals surface area contributed by atoms with Gasteiger partial charge in [0.15, 0.2) is 5.89 Å². The number of amides is 2. The van der Waals surface area contributed by atoms with E-state index in [-0.39, 0.29) is 17.4 Å². The van der Waals surface area contributed by atoms with E-state index in [0.29, 0.717) is 29.8 Å². The molecule has 1 aromatic carbocycles. The topological polar surface area (TPSA) is 64.9 Å². The molecule has 2 aliphatic rings. The first-order chi connectivity index (χ1) is 16.2. The molecule has 2 saturated heterocycles. The average Bonchev–Trinajstić information content (AvgIpc) is 3.33. The van der Waals surface area contributed by atoms with Gasteiger partial charge in [-0.1, -0.05) is 38.4 Å². The first kappa shape index (κ1) is 24.9. The Labute approximate surface area is 208 Å². The highest BCUT2D eigenvalue weighted by Crippen LogP contribution is 2.38. The van der Waals surface area contributed by atoms with Gasteiger partial charge in [0, 0.05) is 56.6 Å². The summed E-state index contributed by atoms with van der Waals surface area (Å²) in [4.78, 5) is 24.4. The Bertz CT molecular complexity index is 989. The number of rotatable bonds is 5. The number of hydrogen-bond acceptors (Lipinski definition) is 5. The van der Waals surface area contributed by atoms with Crippen LogP contribution in [0.25, 0.3) is 0 Å². The molecule has 0 saturated carbocycles. The molecular formula is C26H38ClN5O2. The molecular weight excluding hydrogens is 450 g/mol. The number of nitrogens with zero attached hydrogens (tertiary/aromatic N) is 4. The number of aromatic nitrogens is 1. The standard InChI is InChI=1S/C26H38ClN5O2/c1-18(2)24-28-17-22(34-24)26(5)9-11-32(12-10-26)25(33)29-23-20(27)7-6-8-21(23)31-15-13-30(14-16-31)19(3)4/h6-8,17-19H,9-16H2,1-5H3,(H,29,33). The van der Waals surface area contributed by atoms with Crippen molar-refractivity contribution in [2.45, 2.75) is 64.8 Å². The van der Waals surface area contributed by atoms with Crippen LogP contribution in [0.1, 0.15) is 65.0 Å². The van der Waals surface area contributed by atoms with E-state index in [4.69, 9.17) is 16.0 Å². The number of benzene rings is 1. The Morgan fingerprint density at radius 3 is 2.35 bits per heavy atom.